The largest absolute Gasteiger partial charge is 0.298 e. The predicted octanol–water partition coefficient (Wildman–Crippen LogP) is 1.16. The van der Waals surface area contributed by atoms with Crippen molar-refractivity contribution in [2.24, 2.45) is 0 Å². The van der Waals surface area contributed by atoms with Crippen LogP contribution in [-0.2, 0) is 22.6 Å². The van der Waals surface area contributed by atoms with Crippen LogP contribution in [0.4, 0.5) is 0 Å². The van der Waals surface area contributed by atoms with Crippen molar-refractivity contribution in [2.45, 2.75) is 32.9 Å². The Morgan fingerprint density at radius 2 is 2.12 bits per heavy atom. The van der Waals surface area contributed by atoms with Crippen molar-refractivity contribution < 1.29 is 9.59 Å². The third kappa shape index (κ3) is 2.56. The summed E-state index contributed by atoms with van der Waals surface area (Å²) in [6.45, 7) is 4.54. The van der Waals surface area contributed by atoms with Gasteiger partial charge < -0.3 is 0 Å². The van der Waals surface area contributed by atoms with E-state index < -0.39 is 0 Å². The predicted molar refractivity (Wildman–Crippen MR) is 66.7 cm³/mol. The second-order valence-corrected chi connectivity index (χ2v) is 5.40. The Hall–Kier alpha value is -1.20. The van der Waals surface area contributed by atoms with Gasteiger partial charge in [-0.05, 0) is 25.5 Å². The Balaban J connectivity index is 2.10. The highest BCUT2D eigenvalue weighted by molar-refractivity contribution is 7.11. The minimum absolute atomic E-state index is 0.132. The highest BCUT2D eigenvalue weighted by atomic mass is 32.1. The van der Waals surface area contributed by atoms with Crippen LogP contribution in [0.5, 0.6) is 0 Å². The molecule has 1 aliphatic heterocycles. The molecule has 2 rings (SSSR count). The van der Waals surface area contributed by atoms with Crippen molar-refractivity contribution in [3.63, 3.8) is 0 Å². The Kier molecular flexibility index (Phi) is 3.59. The second kappa shape index (κ2) is 4.98. The first-order valence-electron chi connectivity index (χ1n) is 5.77. The van der Waals surface area contributed by atoms with Crippen LogP contribution in [0, 0.1) is 0 Å². The van der Waals surface area contributed by atoms with Crippen LogP contribution >= 0.6 is 11.3 Å². The van der Waals surface area contributed by atoms with Crippen molar-refractivity contribution in [1.82, 2.24) is 10.2 Å². The quantitative estimate of drug-likeness (QED) is 0.821. The van der Waals surface area contributed by atoms with Gasteiger partial charge in [-0.15, -0.1) is 11.3 Å². The van der Waals surface area contributed by atoms with E-state index >= 15 is 0 Å². The molecule has 0 bridgehead atoms. The van der Waals surface area contributed by atoms with Crippen LogP contribution in [0.2, 0.25) is 0 Å². The minimum atomic E-state index is -0.265. The summed E-state index contributed by atoms with van der Waals surface area (Å²) in [4.78, 5) is 27.2. The maximum Gasteiger partial charge on any atom is 0.246 e. The number of nitrogens with one attached hydrogen (secondary N) is 1. The molecule has 2 amide bonds. The van der Waals surface area contributed by atoms with E-state index in [1.165, 1.54) is 9.78 Å². The van der Waals surface area contributed by atoms with Gasteiger partial charge in [0.25, 0.3) is 0 Å². The Morgan fingerprint density at radius 1 is 1.41 bits per heavy atom. The van der Waals surface area contributed by atoms with Gasteiger partial charge in [0.15, 0.2) is 0 Å². The molecular weight excluding hydrogens is 236 g/mol. The first-order chi connectivity index (χ1) is 8.11. The van der Waals surface area contributed by atoms with E-state index in [-0.39, 0.29) is 24.4 Å². The first-order valence-corrected chi connectivity index (χ1v) is 6.58. The monoisotopic (exact) mass is 252 g/mol. The maximum atomic E-state index is 11.9. The van der Waals surface area contributed by atoms with Gasteiger partial charge in [-0.1, -0.05) is 6.92 Å². The average molecular weight is 252 g/mol. The lowest BCUT2D eigenvalue weighted by Crippen LogP contribution is -2.56. The Morgan fingerprint density at radius 3 is 2.76 bits per heavy atom. The SMILES string of the molecule is CCc1ccc(CN2C(=O)CNC(C)C2=O)s1. The van der Waals surface area contributed by atoms with E-state index in [0.717, 1.165) is 11.3 Å². The van der Waals surface area contributed by atoms with Crippen LogP contribution < -0.4 is 5.32 Å². The van der Waals surface area contributed by atoms with Gasteiger partial charge in [-0.25, -0.2) is 0 Å². The molecule has 2 heterocycles. The smallest absolute Gasteiger partial charge is 0.246 e. The lowest BCUT2D eigenvalue weighted by molar-refractivity contribution is -0.149. The number of aryl methyl sites for hydroxylation is 1. The highest BCUT2D eigenvalue weighted by Crippen LogP contribution is 2.19. The van der Waals surface area contributed by atoms with Gasteiger partial charge in [-0.2, -0.15) is 0 Å². The fraction of sp³-hybridized carbons (Fsp3) is 0.500. The third-order valence-corrected chi connectivity index (χ3v) is 4.09. The number of carbonyl (C=O) groups is 2. The number of amides is 2. The van der Waals surface area contributed by atoms with Crippen molar-refractivity contribution in [1.29, 1.82) is 0 Å². The Bertz CT molecular complexity index is 441. The first kappa shape index (κ1) is 12.3. The molecule has 0 aromatic carbocycles. The minimum Gasteiger partial charge on any atom is -0.298 e. The van der Waals surface area contributed by atoms with Crippen LogP contribution in [0.1, 0.15) is 23.6 Å². The normalized spacial score (nSPS) is 21.1. The number of thiophene rings is 1. The average Bonchev–Trinajstić information content (AvgIpc) is 2.77. The van der Waals surface area contributed by atoms with Crippen LogP contribution in [0.15, 0.2) is 12.1 Å². The molecule has 1 aromatic heterocycles. The van der Waals surface area contributed by atoms with E-state index in [4.69, 9.17) is 0 Å². The molecule has 0 saturated carbocycles. The zero-order valence-corrected chi connectivity index (χ0v) is 10.8. The fourth-order valence-corrected chi connectivity index (χ4v) is 2.75. The van der Waals surface area contributed by atoms with E-state index in [2.05, 4.69) is 18.3 Å². The molecule has 0 aliphatic carbocycles. The molecule has 1 saturated heterocycles. The fourth-order valence-electron chi connectivity index (χ4n) is 1.80. The molecular formula is C12H16N2O2S. The van der Waals surface area contributed by atoms with Gasteiger partial charge >= 0.3 is 0 Å². The number of carbonyl (C=O) groups excluding carboxylic acids is 2. The molecule has 1 aromatic rings. The van der Waals surface area contributed by atoms with Crippen LogP contribution in [0.25, 0.3) is 0 Å². The van der Waals surface area contributed by atoms with Gasteiger partial charge in [0, 0.05) is 9.75 Å². The summed E-state index contributed by atoms with van der Waals surface area (Å²) < 4.78 is 0. The molecule has 4 nitrogen and oxygen atoms in total. The molecule has 1 atom stereocenters. The van der Waals surface area contributed by atoms with Crippen molar-refractivity contribution in [2.75, 3.05) is 6.54 Å². The van der Waals surface area contributed by atoms with Crippen LogP contribution in [0.3, 0.4) is 0 Å². The zero-order valence-electron chi connectivity index (χ0n) is 10.0. The Labute approximate surface area is 105 Å². The van der Waals surface area contributed by atoms with Gasteiger partial charge in [-0.3, -0.25) is 19.8 Å². The number of hydrogen-bond donors (Lipinski definition) is 1. The lowest BCUT2D eigenvalue weighted by atomic mass is 10.2. The van der Waals surface area contributed by atoms with Crippen molar-refractivity contribution in [3.8, 4) is 0 Å². The second-order valence-electron chi connectivity index (χ2n) is 4.14. The molecule has 1 aliphatic rings. The van der Waals surface area contributed by atoms with Gasteiger partial charge in [0.05, 0.1) is 19.1 Å². The standard InChI is InChI=1S/C12H16N2O2S/c1-3-9-4-5-10(17-9)7-14-11(15)6-13-8(2)12(14)16/h4-5,8,13H,3,6-7H2,1-2H3. The topological polar surface area (TPSA) is 49.4 Å². The highest BCUT2D eigenvalue weighted by Gasteiger charge is 2.31. The summed E-state index contributed by atoms with van der Waals surface area (Å²) in [6, 6.07) is 3.79. The number of piperazine rings is 1. The van der Waals surface area contributed by atoms with E-state index in [0.29, 0.717) is 6.54 Å². The van der Waals surface area contributed by atoms with Gasteiger partial charge in [0.2, 0.25) is 11.8 Å². The van der Waals surface area contributed by atoms with Crippen molar-refractivity contribution in [3.05, 3.63) is 21.9 Å². The molecule has 1 fully saturated rings. The van der Waals surface area contributed by atoms with Crippen LogP contribution in [-0.4, -0.2) is 29.3 Å². The summed E-state index contributed by atoms with van der Waals surface area (Å²) in [6.07, 6.45) is 0.991. The summed E-state index contributed by atoms with van der Waals surface area (Å²) in [5, 5.41) is 2.88. The van der Waals surface area contributed by atoms with E-state index in [1.54, 1.807) is 18.3 Å². The lowest BCUT2D eigenvalue weighted by Gasteiger charge is -2.29. The molecule has 5 heteroatoms. The number of hydrogen-bond acceptors (Lipinski definition) is 4. The zero-order chi connectivity index (χ0) is 12.4. The van der Waals surface area contributed by atoms with E-state index in [9.17, 15) is 9.59 Å². The third-order valence-electron chi connectivity index (χ3n) is 2.88. The summed E-state index contributed by atoms with van der Waals surface area (Å²) in [5.41, 5.74) is 0. The molecule has 17 heavy (non-hydrogen) atoms. The molecule has 1 N–H and O–H groups in total. The summed E-state index contributed by atoms with van der Waals surface area (Å²) in [7, 11) is 0. The molecule has 0 radical (unpaired) electrons. The number of imide groups is 1. The maximum absolute atomic E-state index is 11.9. The molecule has 92 valence electrons. The number of nitrogens with zero attached hydrogens (tertiary/aromatic N) is 1. The van der Waals surface area contributed by atoms with Crippen molar-refractivity contribution >= 4 is 23.2 Å². The summed E-state index contributed by atoms with van der Waals surface area (Å²) in [5.74, 6) is -0.271. The molecule has 0 spiro atoms. The van der Waals surface area contributed by atoms with Gasteiger partial charge in [0.1, 0.15) is 0 Å². The molecule has 1 unspecified atom stereocenters. The van der Waals surface area contributed by atoms with E-state index in [1.807, 2.05) is 6.07 Å². The number of rotatable bonds is 3. The summed E-state index contributed by atoms with van der Waals surface area (Å²) >= 11 is 1.67.